The van der Waals surface area contributed by atoms with Gasteiger partial charge in [0.1, 0.15) is 0 Å². The van der Waals surface area contributed by atoms with E-state index in [9.17, 15) is 9.59 Å². The fourth-order valence-electron chi connectivity index (χ4n) is 2.41. The van der Waals surface area contributed by atoms with Crippen molar-refractivity contribution in [3.8, 4) is 11.5 Å². The van der Waals surface area contributed by atoms with E-state index in [1.165, 1.54) is 7.11 Å². The van der Waals surface area contributed by atoms with Crippen LogP contribution in [0.4, 0.5) is 0 Å². The molecule has 0 atom stereocenters. The Kier molecular flexibility index (Phi) is 7.96. The lowest BCUT2D eigenvalue weighted by Crippen LogP contribution is -2.41. The van der Waals surface area contributed by atoms with Crippen LogP contribution in [0.3, 0.4) is 0 Å². The number of amides is 2. The normalized spacial score (nSPS) is 10.5. The van der Waals surface area contributed by atoms with Crippen molar-refractivity contribution in [1.82, 2.24) is 10.9 Å². The first-order valence-corrected chi connectivity index (χ1v) is 9.44. The van der Waals surface area contributed by atoms with Crippen molar-refractivity contribution >= 4 is 35.0 Å². The van der Waals surface area contributed by atoms with E-state index in [1.807, 2.05) is 13.8 Å². The number of hydrogen-bond donors (Lipinski definition) is 2. The Morgan fingerprint density at radius 3 is 2.50 bits per heavy atom. The minimum atomic E-state index is -0.469. The van der Waals surface area contributed by atoms with Gasteiger partial charge in [-0.05, 0) is 50.1 Å². The van der Waals surface area contributed by atoms with Crippen LogP contribution in [-0.4, -0.2) is 25.0 Å². The molecule has 2 aromatic rings. The smallest absolute Gasteiger partial charge is 0.269 e. The zero-order valence-corrected chi connectivity index (χ0v) is 17.4. The zero-order valence-electron chi connectivity index (χ0n) is 15.8. The Hall–Kier alpha value is -2.44. The number of methoxy groups -OCH3 is 1. The second kappa shape index (κ2) is 10.2. The summed E-state index contributed by atoms with van der Waals surface area (Å²) in [5, 5.41) is 0.864. The molecule has 2 aromatic carbocycles. The lowest BCUT2D eigenvalue weighted by atomic mass is 10.1. The minimum absolute atomic E-state index is 0.0270. The van der Waals surface area contributed by atoms with Gasteiger partial charge in [-0.3, -0.25) is 20.4 Å². The number of hydrogen-bond acceptors (Lipinski definition) is 4. The largest absolute Gasteiger partial charge is 0.493 e. The van der Waals surface area contributed by atoms with Crippen LogP contribution in [0.1, 0.15) is 36.2 Å². The molecule has 0 fully saturated rings. The van der Waals surface area contributed by atoms with Gasteiger partial charge in [-0.1, -0.05) is 35.3 Å². The van der Waals surface area contributed by atoms with Crippen LogP contribution in [0.15, 0.2) is 36.4 Å². The van der Waals surface area contributed by atoms with E-state index in [0.717, 1.165) is 5.56 Å². The van der Waals surface area contributed by atoms with Gasteiger partial charge in [0.05, 0.1) is 23.3 Å². The Morgan fingerprint density at radius 2 is 1.82 bits per heavy atom. The lowest BCUT2D eigenvalue weighted by molar-refractivity contribution is -0.121. The molecule has 0 heterocycles. The molecule has 0 aliphatic carbocycles. The van der Waals surface area contributed by atoms with Gasteiger partial charge >= 0.3 is 0 Å². The first kappa shape index (κ1) is 21.9. The standard InChI is InChI=1S/C20H22Cl2N2O4/c1-12(2)28-16-9-7-14(11-17(16)27-3)20(26)24-23-18(25)10-8-13-5-4-6-15(21)19(13)22/h4-7,9,11-12H,8,10H2,1-3H3,(H,23,25)(H,24,26). The average Bonchev–Trinajstić information content (AvgIpc) is 2.67. The number of nitrogens with one attached hydrogen (secondary N) is 2. The van der Waals surface area contributed by atoms with E-state index in [1.54, 1.807) is 36.4 Å². The van der Waals surface area contributed by atoms with Gasteiger partial charge in [-0.25, -0.2) is 0 Å². The first-order chi connectivity index (χ1) is 13.3. The predicted molar refractivity (Wildman–Crippen MR) is 109 cm³/mol. The topological polar surface area (TPSA) is 76.7 Å². The van der Waals surface area contributed by atoms with Crippen molar-refractivity contribution < 1.29 is 19.1 Å². The molecular weight excluding hydrogens is 403 g/mol. The van der Waals surface area contributed by atoms with Gasteiger partial charge in [-0.15, -0.1) is 0 Å². The van der Waals surface area contributed by atoms with Gasteiger partial charge in [-0.2, -0.15) is 0 Å². The monoisotopic (exact) mass is 424 g/mol. The zero-order chi connectivity index (χ0) is 20.7. The van der Waals surface area contributed by atoms with E-state index in [2.05, 4.69) is 10.9 Å². The van der Waals surface area contributed by atoms with E-state index < -0.39 is 5.91 Å². The van der Waals surface area contributed by atoms with Crippen molar-refractivity contribution in [2.24, 2.45) is 0 Å². The number of carbonyl (C=O) groups is 2. The Bertz CT molecular complexity index is 856. The molecule has 6 nitrogen and oxygen atoms in total. The maximum Gasteiger partial charge on any atom is 0.269 e. The average molecular weight is 425 g/mol. The molecule has 8 heteroatoms. The first-order valence-electron chi connectivity index (χ1n) is 8.68. The minimum Gasteiger partial charge on any atom is -0.493 e. The van der Waals surface area contributed by atoms with Crippen molar-refractivity contribution in [2.45, 2.75) is 32.8 Å². The molecule has 28 heavy (non-hydrogen) atoms. The van der Waals surface area contributed by atoms with Gasteiger partial charge in [0.15, 0.2) is 11.5 Å². The molecule has 0 radical (unpaired) electrons. The van der Waals surface area contributed by atoms with E-state index in [0.29, 0.717) is 33.5 Å². The number of carbonyl (C=O) groups excluding carboxylic acids is 2. The summed E-state index contributed by atoms with van der Waals surface area (Å²) in [5.41, 5.74) is 5.85. The summed E-state index contributed by atoms with van der Waals surface area (Å²) in [7, 11) is 1.49. The number of halogens is 2. The Balaban J connectivity index is 1.90. The fourth-order valence-corrected chi connectivity index (χ4v) is 2.83. The molecule has 0 bridgehead atoms. The van der Waals surface area contributed by atoms with Gasteiger partial charge in [0, 0.05) is 12.0 Å². The maximum absolute atomic E-state index is 12.3. The highest BCUT2D eigenvalue weighted by Crippen LogP contribution is 2.29. The summed E-state index contributed by atoms with van der Waals surface area (Å²) >= 11 is 12.1. The number of benzene rings is 2. The summed E-state index contributed by atoms with van der Waals surface area (Å²) in [6, 6.07) is 10.0. The highest BCUT2D eigenvalue weighted by molar-refractivity contribution is 6.42. The molecule has 0 unspecified atom stereocenters. The molecule has 0 spiro atoms. The molecule has 2 rings (SSSR count). The molecule has 2 amide bonds. The summed E-state index contributed by atoms with van der Waals surface area (Å²) in [6.07, 6.45) is 0.516. The third-order valence-electron chi connectivity index (χ3n) is 3.76. The Labute approximate surface area is 174 Å². The van der Waals surface area contributed by atoms with Crippen molar-refractivity contribution in [3.63, 3.8) is 0 Å². The van der Waals surface area contributed by atoms with Crippen LogP contribution in [0, 0.1) is 0 Å². The molecule has 0 saturated heterocycles. The number of aryl methyl sites for hydroxylation is 1. The second-order valence-electron chi connectivity index (χ2n) is 6.25. The quantitative estimate of drug-likeness (QED) is 0.653. The van der Waals surface area contributed by atoms with Crippen LogP contribution in [0.5, 0.6) is 11.5 Å². The molecule has 0 aliphatic rings. The number of hydrazine groups is 1. The summed E-state index contributed by atoms with van der Waals surface area (Å²) in [5.74, 6) is 0.152. The van der Waals surface area contributed by atoms with Gasteiger partial charge < -0.3 is 9.47 Å². The van der Waals surface area contributed by atoms with Crippen molar-refractivity contribution in [3.05, 3.63) is 57.6 Å². The van der Waals surface area contributed by atoms with Crippen molar-refractivity contribution in [2.75, 3.05) is 7.11 Å². The Morgan fingerprint density at radius 1 is 1.07 bits per heavy atom. The number of rotatable bonds is 7. The third kappa shape index (κ3) is 6.04. The van der Waals surface area contributed by atoms with Crippen LogP contribution in [0.25, 0.3) is 0 Å². The molecule has 0 aromatic heterocycles. The molecule has 0 saturated carbocycles. The summed E-state index contributed by atoms with van der Waals surface area (Å²) in [6.45, 7) is 3.79. The van der Waals surface area contributed by atoms with Crippen LogP contribution in [-0.2, 0) is 11.2 Å². The third-order valence-corrected chi connectivity index (χ3v) is 4.61. The molecular formula is C20H22Cl2N2O4. The van der Waals surface area contributed by atoms with Crippen LogP contribution < -0.4 is 20.3 Å². The summed E-state index contributed by atoms with van der Waals surface area (Å²) in [4.78, 5) is 24.3. The highest BCUT2D eigenvalue weighted by Gasteiger charge is 2.13. The van der Waals surface area contributed by atoms with Crippen LogP contribution in [0.2, 0.25) is 10.0 Å². The molecule has 150 valence electrons. The lowest BCUT2D eigenvalue weighted by Gasteiger charge is -2.14. The van der Waals surface area contributed by atoms with Crippen LogP contribution >= 0.6 is 23.2 Å². The molecule has 0 aliphatic heterocycles. The summed E-state index contributed by atoms with van der Waals surface area (Å²) < 4.78 is 10.9. The van der Waals surface area contributed by atoms with Gasteiger partial charge in [0.25, 0.3) is 5.91 Å². The molecule has 2 N–H and O–H groups in total. The van der Waals surface area contributed by atoms with Crippen molar-refractivity contribution in [1.29, 1.82) is 0 Å². The van der Waals surface area contributed by atoms with E-state index >= 15 is 0 Å². The highest BCUT2D eigenvalue weighted by atomic mass is 35.5. The SMILES string of the molecule is COc1cc(C(=O)NNC(=O)CCc2cccc(Cl)c2Cl)ccc1OC(C)C. The maximum atomic E-state index is 12.3. The number of ether oxygens (including phenoxy) is 2. The van der Waals surface area contributed by atoms with Gasteiger partial charge in [0.2, 0.25) is 5.91 Å². The van der Waals surface area contributed by atoms with E-state index in [-0.39, 0.29) is 18.4 Å². The van der Waals surface area contributed by atoms with E-state index in [4.69, 9.17) is 32.7 Å². The second-order valence-corrected chi connectivity index (χ2v) is 7.03. The predicted octanol–water partition coefficient (Wildman–Crippen LogP) is 4.18. The fraction of sp³-hybridized carbons (Fsp3) is 0.300.